The minimum atomic E-state index is -0.514. The maximum Gasteiger partial charge on any atom is 0.127 e. The van der Waals surface area contributed by atoms with Crippen molar-refractivity contribution in [3.8, 4) is 11.5 Å². The second-order valence-corrected chi connectivity index (χ2v) is 4.93. The van der Waals surface area contributed by atoms with Crippen molar-refractivity contribution in [3.05, 3.63) is 36.4 Å². The first-order valence-corrected chi connectivity index (χ1v) is 6.71. The smallest absolute Gasteiger partial charge is 0.127 e. The standard InChI is InChI=1S/C16H20O4/c1-11(17)9-19-15-7-8-16(20-10-12(2)18)14-6-4-3-5-13(14)15/h3-8,11-12,17-18H,9-10H2,1-2H3/t11-,12+. The lowest BCUT2D eigenvalue weighted by Gasteiger charge is -2.15. The Morgan fingerprint density at radius 1 is 0.800 bits per heavy atom. The molecule has 2 aromatic rings. The molecule has 0 spiro atoms. The van der Waals surface area contributed by atoms with Gasteiger partial charge in [0.25, 0.3) is 0 Å². The quantitative estimate of drug-likeness (QED) is 0.850. The van der Waals surface area contributed by atoms with Crippen molar-refractivity contribution in [3.63, 3.8) is 0 Å². The van der Waals surface area contributed by atoms with Gasteiger partial charge in [-0.2, -0.15) is 0 Å². The molecule has 0 saturated carbocycles. The molecule has 0 aromatic heterocycles. The first-order chi connectivity index (χ1) is 9.58. The molecule has 20 heavy (non-hydrogen) atoms. The summed E-state index contributed by atoms with van der Waals surface area (Å²) in [7, 11) is 0. The van der Waals surface area contributed by atoms with Crippen LogP contribution >= 0.6 is 0 Å². The molecule has 0 aliphatic carbocycles. The van der Waals surface area contributed by atoms with E-state index in [4.69, 9.17) is 9.47 Å². The van der Waals surface area contributed by atoms with Crippen molar-refractivity contribution in [2.75, 3.05) is 13.2 Å². The van der Waals surface area contributed by atoms with Crippen LogP contribution in [0.2, 0.25) is 0 Å². The van der Waals surface area contributed by atoms with E-state index < -0.39 is 12.2 Å². The van der Waals surface area contributed by atoms with Gasteiger partial charge in [0.1, 0.15) is 24.7 Å². The van der Waals surface area contributed by atoms with Crippen LogP contribution in [0, 0.1) is 0 Å². The van der Waals surface area contributed by atoms with Gasteiger partial charge in [0.2, 0.25) is 0 Å². The molecule has 0 aliphatic heterocycles. The number of aliphatic hydroxyl groups is 2. The highest BCUT2D eigenvalue weighted by molar-refractivity contribution is 5.93. The Hall–Kier alpha value is -1.78. The third-order valence-corrected chi connectivity index (χ3v) is 2.80. The van der Waals surface area contributed by atoms with Crippen molar-refractivity contribution in [1.29, 1.82) is 0 Å². The first-order valence-electron chi connectivity index (χ1n) is 6.71. The minimum Gasteiger partial charge on any atom is -0.490 e. The highest BCUT2D eigenvalue weighted by Crippen LogP contribution is 2.33. The van der Waals surface area contributed by atoms with Crippen LogP contribution in [0.1, 0.15) is 13.8 Å². The summed E-state index contributed by atoms with van der Waals surface area (Å²) >= 11 is 0. The van der Waals surface area contributed by atoms with Crippen molar-refractivity contribution in [2.24, 2.45) is 0 Å². The van der Waals surface area contributed by atoms with Gasteiger partial charge in [0.05, 0.1) is 12.2 Å². The second kappa shape index (κ2) is 6.59. The van der Waals surface area contributed by atoms with Crippen LogP contribution < -0.4 is 9.47 Å². The fourth-order valence-electron chi connectivity index (χ4n) is 1.92. The van der Waals surface area contributed by atoms with Gasteiger partial charge in [-0.25, -0.2) is 0 Å². The van der Waals surface area contributed by atoms with Crippen molar-refractivity contribution < 1.29 is 19.7 Å². The van der Waals surface area contributed by atoms with E-state index in [1.165, 1.54) is 0 Å². The van der Waals surface area contributed by atoms with Gasteiger partial charge in [-0.15, -0.1) is 0 Å². The molecule has 0 radical (unpaired) electrons. The number of benzene rings is 2. The highest BCUT2D eigenvalue weighted by atomic mass is 16.5. The van der Waals surface area contributed by atoms with E-state index in [1.807, 2.05) is 36.4 Å². The van der Waals surface area contributed by atoms with E-state index in [1.54, 1.807) is 13.8 Å². The molecule has 0 amide bonds. The largest absolute Gasteiger partial charge is 0.490 e. The monoisotopic (exact) mass is 276 g/mol. The SMILES string of the molecule is C[C@H](O)COc1ccc(OC[C@@H](C)O)c2ccccc12. The molecule has 4 nitrogen and oxygen atoms in total. The summed E-state index contributed by atoms with van der Waals surface area (Å²) < 4.78 is 11.2. The number of fused-ring (bicyclic) bond motifs is 1. The summed E-state index contributed by atoms with van der Waals surface area (Å²) in [5.41, 5.74) is 0. The molecule has 0 fully saturated rings. The first kappa shape index (κ1) is 14.6. The molecule has 108 valence electrons. The van der Waals surface area contributed by atoms with Crippen LogP contribution in [0.25, 0.3) is 10.8 Å². The van der Waals surface area contributed by atoms with E-state index in [0.29, 0.717) is 11.5 Å². The van der Waals surface area contributed by atoms with Gasteiger partial charge in [0, 0.05) is 10.8 Å². The Morgan fingerprint density at radius 3 is 1.55 bits per heavy atom. The van der Waals surface area contributed by atoms with Crippen LogP contribution in [-0.4, -0.2) is 35.6 Å². The van der Waals surface area contributed by atoms with E-state index in [9.17, 15) is 10.2 Å². The zero-order valence-corrected chi connectivity index (χ0v) is 11.7. The highest BCUT2D eigenvalue weighted by Gasteiger charge is 2.09. The predicted octanol–water partition coefficient (Wildman–Crippen LogP) is 2.36. The molecule has 2 N–H and O–H groups in total. The molecular weight excluding hydrogens is 256 g/mol. The van der Waals surface area contributed by atoms with Crippen LogP contribution in [0.5, 0.6) is 11.5 Å². The fourth-order valence-corrected chi connectivity index (χ4v) is 1.92. The molecule has 0 saturated heterocycles. The van der Waals surface area contributed by atoms with E-state index in [0.717, 1.165) is 10.8 Å². The average molecular weight is 276 g/mol. The average Bonchev–Trinajstić information content (AvgIpc) is 2.43. The number of rotatable bonds is 6. The summed E-state index contributed by atoms with van der Waals surface area (Å²) in [5, 5.41) is 20.5. The lowest BCUT2D eigenvalue weighted by atomic mass is 10.1. The lowest BCUT2D eigenvalue weighted by Crippen LogP contribution is -2.14. The molecule has 2 aromatic carbocycles. The van der Waals surface area contributed by atoms with Crippen molar-refractivity contribution >= 4 is 10.8 Å². The summed E-state index contributed by atoms with van der Waals surface area (Å²) in [6.07, 6.45) is -1.03. The molecule has 0 aliphatic rings. The summed E-state index contributed by atoms with van der Waals surface area (Å²) in [6, 6.07) is 11.4. The molecule has 0 bridgehead atoms. The second-order valence-electron chi connectivity index (χ2n) is 4.93. The van der Waals surface area contributed by atoms with Crippen LogP contribution in [0.3, 0.4) is 0 Å². The van der Waals surface area contributed by atoms with Crippen molar-refractivity contribution in [1.82, 2.24) is 0 Å². The van der Waals surface area contributed by atoms with Crippen LogP contribution in [0.4, 0.5) is 0 Å². The lowest BCUT2D eigenvalue weighted by molar-refractivity contribution is 0.122. The molecule has 0 heterocycles. The number of ether oxygens (including phenoxy) is 2. The van der Waals surface area contributed by atoms with Crippen molar-refractivity contribution in [2.45, 2.75) is 26.1 Å². The van der Waals surface area contributed by atoms with Gasteiger partial charge >= 0.3 is 0 Å². The van der Waals surface area contributed by atoms with Gasteiger partial charge in [-0.3, -0.25) is 0 Å². The molecule has 4 heteroatoms. The number of hydrogen-bond donors (Lipinski definition) is 2. The Kier molecular flexibility index (Phi) is 4.82. The van der Waals surface area contributed by atoms with Gasteiger partial charge in [-0.05, 0) is 26.0 Å². The normalized spacial score (nSPS) is 14.0. The van der Waals surface area contributed by atoms with Gasteiger partial charge in [0.15, 0.2) is 0 Å². The van der Waals surface area contributed by atoms with E-state index in [-0.39, 0.29) is 13.2 Å². The fraction of sp³-hybridized carbons (Fsp3) is 0.375. The zero-order chi connectivity index (χ0) is 14.5. The maximum absolute atomic E-state index is 9.31. The molecule has 2 atom stereocenters. The zero-order valence-electron chi connectivity index (χ0n) is 11.7. The number of aliphatic hydroxyl groups excluding tert-OH is 2. The minimum absolute atomic E-state index is 0.248. The van der Waals surface area contributed by atoms with Crippen LogP contribution in [-0.2, 0) is 0 Å². The van der Waals surface area contributed by atoms with Gasteiger partial charge < -0.3 is 19.7 Å². The topological polar surface area (TPSA) is 58.9 Å². The Labute approximate surface area is 118 Å². The Morgan fingerprint density at radius 2 is 1.20 bits per heavy atom. The summed E-state index contributed by atoms with van der Waals surface area (Å²) in [6.45, 7) is 3.86. The molecular formula is C16H20O4. The Balaban J connectivity index is 2.31. The number of hydrogen-bond acceptors (Lipinski definition) is 4. The van der Waals surface area contributed by atoms with Gasteiger partial charge in [-0.1, -0.05) is 24.3 Å². The summed E-state index contributed by atoms with van der Waals surface area (Å²) in [5.74, 6) is 1.43. The Bertz CT molecular complexity index is 513. The molecule has 2 rings (SSSR count). The van der Waals surface area contributed by atoms with E-state index >= 15 is 0 Å². The third-order valence-electron chi connectivity index (χ3n) is 2.80. The maximum atomic E-state index is 9.31. The third kappa shape index (κ3) is 3.62. The van der Waals surface area contributed by atoms with E-state index in [2.05, 4.69) is 0 Å². The molecule has 0 unspecified atom stereocenters. The predicted molar refractivity (Wildman–Crippen MR) is 78.3 cm³/mol. The summed E-state index contributed by atoms with van der Waals surface area (Å²) in [4.78, 5) is 0. The van der Waals surface area contributed by atoms with Crippen LogP contribution in [0.15, 0.2) is 36.4 Å².